The smallest absolute Gasteiger partial charge is 0.314 e. The second-order valence-corrected chi connectivity index (χ2v) is 5.00. The number of hydrogen-bond acceptors (Lipinski definition) is 2. The monoisotopic (exact) mass is 252 g/mol. The van der Waals surface area contributed by atoms with Crippen molar-refractivity contribution < 1.29 is 13.2 Å². The van der Waals surface area contributed by atoms with E-state index >= 15 is 0 Å². The van der Waals surface area contributed by atoms with Gasteiger partial charge in [-0.15, -0.1) is 0 Å². The van der Waals surface area contributed by atoms with Gasteiger partial charge in [0.15, 0.2) is 0 Å². The second-order valence-electron chi connectivity index (χ2n) is 5.00. The number of halogens is 3. The molecule has 2 unspecified atom stereocenters. The first-order valence-corrected chi connectivity index (χ1v) is 6.41. The molecule has 2 atom stereocenters. The summed E-state index contributed by atoms with van der Waals surface area (Å²) in [5.74, 6) is 0.547. The zero-order chi connectivity index (χ0) is 12.9. The van der Waals surface area contributed by atoms with Gasteiger partial charge < -0.3 is 5.32 Å². The van der Waals surface area contributed by atoms with Crippen molar-refractivity contribution in [3.8, 4) is 0 Å². The molecule has 0 aromatic carbocycles. The molecule has 0 saturated heterocycles. The number of nitrogens with one attached hydrogen (secondary N) is 1. The van der Waals surface area contributed by atoms with Gasteiger partial charge >= 0.3 is 6.18 Å². The number of alkyl halides is 3. The maximum Gasteiger partial charge on any atom is 0.401 e. The van der Waals surface area contributed by atoms with E-state index in [9.17, 15) is 13.2 Å². The van der Waals surface area contributed by atoms with Crippen LogP contribution in [0, 0.1) is 5.92 Å². The van der Waals surface area contributed by atoms with Crippen LogP contribution in [0.5, 0.6) is 0 Å². The zero-order valence-corrected chi connectivity index (χ0v) is 10.7. The van der Waals surface area contributed by atoms with Gasteiger partial charge in [0.1, 0.15) is 0 Å². The van der Waals surface area contributed by atoms with E-state index in [0.717, 1.165) is 19.4 Å². The summed E-state index contributed by atoms with van der Waals surface area (Å²) in [6.45, 7) is 2.75. The van der Waals surface area contributed by atoms with Crippen LogP contribution in [0.25, 0.3) is 0 Å². The standard InChI is InChI=1S/C12H23F3N2/c1-3-16-11-6-4-5-10(11)7-8-17(2)9-12(13,14)15/h10-11,16H,3-9H2,1-2H3. The van der Waals surface area contributed by atoms with Gasteiger partial charge in [0, 0.05) is 6.04 Å². The van der Waals surface area contributed by atoms with Gasteiger partial charge in [0.25, 0.3) is 0 Å². The van der Waals surface area contributed by atoms with Crippen LogP contribution in [0.15, 0.2) is 0 Å². The van der Waals surface area contributed by atoms with E-state index in [4.69, 9.17) is 0 Å². The van der Waals surface area contributed by atoms with E-state index in [1.54, 1.807) is 7.05 Å². The van der Waals surface area contributed by atoms with Gasteiger partial charge in [-0.2, -0.15) is 13.2 Å². The summed E-state index contributed by atoms with van der Waals surface area (Å²) in [6, 6.07) is 0.513. The summed E-state index contributed by atoms with van der Waals surface area (Å²) in [5.41, 5.74) is 0. The Morgan fingerprint density at radius 2 is 2.00 bits per heavy atom. The topological polar surface area (TPSA) is 15.3 Å². The average molecular weight is 252 g/mol. The lowest BCUT2D eigenvalue weighted by atomic mass is 9.99. The molecule has 5 heteroatoms. The van der Waals surface area contributed by atoms with E-state index in [-0.39, 0.29) is 0 Å². The molecule has 2 nitrogen and oxygen atoms in total. The predicted molar refractivity (Wildman–Crippen MR) is 63.0 cm³/mol. The maximum atomic E-state index is 12.2. The molecule has 102 valence electrons. The van der Waals surface area contributed by atoms with Crippen LogP contribution in [0.2, 0.25) is 0 Å². The highest BCUT2D eigenvalue weighted by Crippen LogP contribution is 2.28. The molecule has 0 bridgehead atoms. The third kappa shape index (κ3) is 5.73. The molecule has 0 spiro atoms. The fraction of sp³-hybridized carbons (Fsp3) is 1.00. The molecule has 0 amide bonds. The van der Waals surface area contributed by atoms with Crippen molar-refractivity contribution in [2.24, 2.45) is 5.92 Å². The Hall–Kier alpha value is -0.290. The Morgan fingerprint density at radius 1 is 1.29 bits per heavy atom. The Morgan fingerprint density at radius 3 is 2.59 bits per heavy atom. The minimum absolute atomic E-state index is 0.513. The maximum absolute atomic E-state index is 12.2. The molecule has 1 saturated carbocycles. The van der Waals surface area contributed by atoms with Crippen LogP contribution in [0.4, 0.5) is 13.2 Å². The van der Waals surface area contributed by atoms with Crippen molar-refractivity contribution in [3.63, 3.8) is 0 Å². The predicted octanol–water partition coefficient (Wildman–Crippen LogP) is 2.65. The Kier molecular flexibility index (Phi) is 5.73. The van der Waals surface area contributed by atoms with Gasteiger partial charge in [-0.05, 0) is 45.3 Å². The summed E-state index contributed by atoms with van der Waals surface area (Å²) in [7, 11) is 1.55. The van der Waals surface area contributed by atoms with E-state index in [1.807, 2.05) is 0 Å². The first kappa shape index (κ1) is 14.8. The average Bonchev–Trinajstić information content (AvgIpc) is 2.60. The minimum Gasteiger partial charge on any atom is -0.314 e. The van der Waals surface area contributed by atoms with E-state index in [0.29, 0.717) is 18.5 Å². The lowest BCUT2D eigenvalue weighted by Crippen LogP contribution is -2.36. The third-order valence-corrected chi connectivity index (χ3v) is 3.46. The summed E-state index contributed by atoms with van der Waals surface area (Å²) in [4.78, 5) is 1.38. The fourth-order valence-electron chi connectivity index (χ4n) is 2.68. The first-order chi connectivity index (χ1) is 7.92. The number of rotatable bonds is 6. The molecule has 1 aliphatic rings. The Labute approximate surface area is 102 Å². The molecule has 1 aliphatic carbocycles. The van der Waals surface area contributed by atoms with Gasteiger partial charge in [-0.1, -0.05) is 13.3 Å². The SMILES string of the molecule is CCNC1CCCC1CCN(C)CC(F)(F)F. The van der Waals surface area contributed by atoms with Crippen LogP contribution in [0.1, 0.15) is 32.6 Å². The lowest BCUT2D eigenvalue weighted by molar-refractivity contribution is -0.143. The molecule has 0 aromatic heterocycles. The quantitative estimate of drug-likeness (QED) is 0.782. The van der Waals surface area contributed by atoms with Gasteiger partial charge in [0.2, 0.25) is 0 Å². The lowest BCUT2D eigenvalue weighted by Gasteiger charge is -2.24. The molecule has 0 heterocycles. The van der Waals surface area contributed by atoms with Crippen molar-refractivity contribution in [2.45, 2.75) is 44.8 Å². The molecule has 17 heavy (non-hydrogen) atoms. The van der Waals surface area contributed by atoms with Crippen LogP contribution < -0.4 is 5.32 Å². The number of hydrogen-bond donors (Lipinski definition) is 1. The molecule has 0 aromatic rings. The van der Waals surface area contributed by atoms with E-state index < -0.39 is 12.7 Å². The Balaban J connectivity index is 2.25. The summed E-state index contributed by atoms with van der Waals surface area (Å²) < 4.78 is 36.5. The van der Waals surface area contributed by atoms with Gasteiger partial charge in [-0.25, -0.2) is 0 Å². The largest absolute Gasteiger partial charge is 0.401 e. The van der Waals surface area contributed by atoms with E-state index in [1.165, 1.54) is 17.7 Å². The molecule has 1 N–H and O–H groups in total. The highest BCUT2D eigenvalue weighted by molar-refractivity contribution is 4.83. The number of nitrogens with zero attached hydrogens (tertiary/aromatic N) is 1. The van der Waals surface area contributed by atoms with Crippen molar-refractivity contribution >= 4 is 0 Å². The fourth-order valence-corrected chi connectivity index (χ4v) is 2.68. The zero-order valence-electron chi connectivity index (χ0n) is 10.7. The molecular weight excluding hydrogens is 229 g/mol. The van der Waals surface area contributed by atoms with E-state index in [2.05, 4.69) is 12.2 Å². The van der Waals surface area contributed by atoms with Crippen LogP contribution in [-0.2, 0) is 0 Å². The molecular formula is C12H23F3N2. The van der Waals surface area contributed by atoms with Gasteiger partial charge in [0.05, 0.1) is 6.54 Å². The van der Waals surface area contributed by atoms with Crippen LogP contribution >= 0.6 is 0 Å². The molecule has 0 aliphatic heterocycles. The third-order valence-electron chi connectivity index (χ3n) is 3.46. The normalized spacial score (nSPS) is 25.8. The highest BCUT2D eigenvalue weighted by Gasteiger charge is 2.30. The van der Waals surface area contributed by atoms with Crippen molar-refractivity contribution in [2.75, 3.05) is 26.7 Å². The van der Waals surface area contributed by atoms with Crippen molar-refractivity contribution in [3.05, 3.63) is 0 Å². The second kappa shape index (κ2) is 6.59. The van der Waals surface area contributed by atoms with Crippen LogP contribution in [0.3, 0.4) is 0 Å². The van der Waals surface area contributed by atoms with Crippen molar-refractivity contribution in [1.29, 1.82) is 0 Å². The minimum atomic E-state index is -4.08. The summed E-state index contributed by atoms with van der Waals surface area (Å²) >= 11 is 0. The summed E-state index contributed by atoms with van der Waals surface area (Å²) in [5, 5.41) is 3.43. The first-order valence-electron chi connectivity index (χ1n) is 6.41. The Bertz CT molecular complexity index is 218. The highest BCUT2D eigenvalue weighted by atomic mass is 19.4. The summed E-state index contributed by atoms with van der Waals surface area (Å²) in [6.07, 6.45) is 0.306. The molecule has 1 rings (SSSR count). The van der Waals surface area contributed by atoms with Crippen molar-refractivity contribution in [1.82, 2.24) is 10.2 Å². The van der Waals surface area contributed by atoms with Gasteiger partial charge in [-0.3, -0.25) is 4.90 Å². The van der Waals surface area contributed by atoms with Crippen LogP contribution in [-0.4, -0.2) is 43.8 Å². The molecule has 1 fully saturated rings. The molecule has 0 radical (unpaired) electrons.